The lowest BCUT2D eigenvalue weighted by molar-refractivity contribution is -0.380. The van der Waals surface area contributed by atoms with Crippen LogP contribution in [0.5, 0.6) is 0 Å². The second-order valence-electron chi connectivity index (χ2n) is 4.08. The third-order valence-electron chi connectivity index (χ3n) is 2.76. The first-order valence-electron chi connectivity index (χ1n) is 5.35. The molecule has 0 radical (unpaired) electrons. The van der Waals surface area contributed by atoms with E-state index in [1.807, 2.05) is 0 Å². The first-order valence-corrected chi connectivity index (χ1v) is 6.23. The summed E-state index contributed by atoms with van der Waals surface area (Å²) in [6, 6.07) is 1.34. The molecule has 0 aliphatic carbocycles. The second kappa shape index (κ2) is 6.12. The van der Waals surface area contributed by atoms with E-state index < -0.39 is 4.92 Å². The van der Waals surface area contributed by atoms with E-state index in [2.05, 4.69) is 0 Å². The lowest BCUT2D eigenvalue weighted by atomic mass is 10.1. The van der Waals surface area contributed by atoms with Gasteiger partial charge in [0.2, 0.25) is 0 Å². The fraction of sp³-hybridized carbons (Fsp3) is 0.500. The van der Waals surface area contributed by atoms with Crippen LogP contribution in [0.3, 0.4) is 0 Å². The van der Waals surface area contributed by atoms with Crippen molar-refractivity contribution in [3.05, 3.63) is 27.1 Å². The molecule has 8 heteroatoms. The van der Waals surface area contributed by atoms with Crippen molar-refractivity contribution in [2.75, 3.05) is 13.1 Å². The molecule has 0 unspecified atom stereocenters. The molecule has 6 nitrogen and oxygen atoms in total. The molecule has 1 aromatic rings. The number of likely N-dealkylation sites (tertiary alicyclic amines) is 1. The van der Waals surface area contributed by atoms with Gasteiger partial charge in [0, 0.05) is 30.6 Å². The molecule has 1 aliphatic heterocycles. The summed E-state index contributed by atoms with van der Waals surface area (Å²) in [6.07, 6.45) is 1.81. The number of amides is 1. The summed E-state index contributed by atoms with van der Waals surface area (Å²) in [7, 11) is 0. The molecule has 0 bridgehead atoms. The maximum Gasteiger partial charge on any atom is 0.324 e. The summed E-state index contributed by atoms with van der Waals surface area (Å²) < 4.78 is 0. The molecule has 0 aromatic carbocycles. The van der Waals surface area contributed by atoms with E-state index in [0.717, 1.165) is 24.2 Å². The average molecular weight is 292 g/mol. The van der Waals surface area contributed by atoms with Crippen LogP contribution in [-0.2, 0) is 0 Å². The number of carbonyl (C=O) groups is 1. The fourth-order valence-corrected chi connectivity index (χ4v) is 2.61. The quantitative estimate of drug-likeness (QED) is 0.662. The third kappa shape index (κ3) is 3.18. The van der Waals surface area contributed by atoms with Gasteiger partial charge in [0.15, 0.2) is 0 Å². The van der Waals surface area contributed by atoms with Crippen LogP contribution in [0.4, 0.5) is 5.00 Å². The molecule has 1 aliphatic rings. The summed E-state index contributed by atoms with van der Waals surface area (Å²) in [5.74, 6) is -0.162. The van der Waals surface area contributed by atoms with Crippen LogP contribution in [0.25, 0.3) is 0 Å². The Labute approximate surface area is 114 Å². The molecular formula is C10H14ClN3O3S. The SMILES string of the molecule is Cl.N[C@@H]1CCCN(C(=O)c2csc([N+](=O)[O-])c2)C1. The van der Waals surface area contributed by atoms with E-state index >= 15 is 0 Å². The van der Waals surface area contributed by atoms with Crippen molar-refractivity contribution in [2.45, 2.75) is 18.9 Å². The Hall–Kier alpha value is -1.18. The lowest BCUT2D eigenvalue weighted by Gasteiger charge is -2.30. The average Bonchev–Trinajstić information content (AvgIpc) is 2.77. The van der Waals surface area contributed by atoms with E-state index in [9.17, 15) is 14.9 Å². The van der Waals surface area contributed by atoms with Crippen LogP contribution in [0.1, 0.15) is 23.2 Å². The second-order valence-corrected chi connectivity index (χ2v) is 4.97. The fourth-order valence-electron chi connectivity index (χ4n) is 1.91. The Morgan fingerprint density at radius 3 is 2.89 bits per heavy atom. The van der Waals surface area contributed by atoms with E-state index in [1.165, 1.54) is 11.4 Å². The molecule has 2 rings (SSSR count). The van der Waals surface area contributed by atoms with Crippen molar-refractivity contribution in [3.8, 4) is 0 Å². The molecule has 0 saturated carbocycles. The maximum atomic E-state index is 12.0. The van der Waals surface area contributed by atoms with Gasteiger partial charge in [-0.2, -0.15) is 0 Å². The highest BCUT2D eigenvalue weighted by molar-refractivity contribution is 7.13. The van der Waals surface area contributed by atoms with Crippen molar-refractivity contribution >= 4 is 34.7 Å². The van der Waals surface area contributed by atoms with Crippen LogP contribution < -0.4 is 5.73 Å². The van der Waals surface area contributed by atoms with Gasteiger partial charge in [-0.3, -0.25) is 14.9 Å². The molecule has 1 fully saturated rings. The molecule has 2 heterocycles. The number of rotatable bonds is 2. The highest BCUT2D eigenvalue weighted by Gasteiger charge is 2.24. The first kappa shape index (κ1) is 14.9. The lowest BCUT2D eigenvalue weighted by Crippen LogP contribution is -2.45. The summed E-state index contributed by atoms with van der Waals surface area (Å²) in [4.78, 5) is 23.8. The minimum atomic E-state index is -0.483. The smallest absolute Gasteiger partial charge is 0.324 e. The van der Waals surface area contributed by atoms with E-state index in [1.54, 1.807) is 4.90 Å². The van der Waals surface area contributed by atoms with E-state index in [4.69, 9.17) is 5.73 Å². The highest BCUT2D eigenvalue weighted by atomic mass is 35.5. The van der Waals surface area contributed by atoms with Gasteiger partial charge in [-0.05, 0) is 12.8 Å². The number of nitro groups is 1. The molecular weight excluding hydrogens is 278 g/mol. The van der Waals surface area contributed by atoms with Gasteiger partial charge in [-0.1, -0.05) is 11.3 Å². The van der Waals surface area contributed by atoms with Gasteiger partial charge in [0.05, 0.1) is 10.5 Å². The van der Waals surface area contributed by atoms with Gasteiger partial charge in [-0.25, -0.2) is 0 Å². The van der Waals surface area contributed by atoms with Gasteiger partial charge in [-0.15, -0.1) is 12.4 Å². The zero-order valence-electron chi connectivity index (χ0n) is 9.57. The van der Waals surface area contributed by atoms with Crippen LogP contribution in [0.2, 0.25) is 0 Å². The normalized spacial score (nSPS) is 19.2. The van der Waals surface area contributed by atoms with E-state index in [0.29, 0.717) is 18.7 Å². The zero-order valence-corrected chi connectivity index (χ0v) is 11.2. The zero-order chi connectivity index (χ0) is 12.4. The Kier molecular flexibility index (Phi) is 5.06. The van der Waals surface area contributed by atoms with Crippen LogP contribution in [0, 0.1) is 10.1 Å². The molecule has 1 amide bonds. The standard InChI is InChI=1S/C10H13N3O3S.ClH/c11-8-2-1-3-12(5-8)10(14)7-4-9(13(15)16)17-6-7;/h4,6,8H,1-3,5,11H2;1H/t8-;/m1./s1. The van der Waals surface area contributed by atoms with Gasteiger partial charge < -0.3 is 10.6 Å². The highest BCUT2D eigenvalue weighted by Crippen LogP contribution is 2.24. The number of carbonyl (C=O) groups excluding carboxylic acids is 1. The van der Waals surface area contributed by atoms with Crippen molar-refractivity contribution in [3.63, 3.8) is 0 Å². The number of nitrogens with two attached hydrogens (primary N) is 1. The first-order chi connectivity index (χ1) is 8.08. The molecule has 2 N–H and O–H groups in total. The van der Waals surface area contributed by atoms with Crippen LogP contribution in [-0.4, -0.2) is 34.9 Å². The molecule has 1 aromatic heterocycles. The van der Waals surface area contributed by atoms with Crippen molar-refractivity contribution in [1.82, 2.24) is 4.90 Å². The monoisotopic (exact) mass is 291 g/mol. The number of hydrogen-bond donors (Lipinski definition) is 1. The van der Waals surface area contributed by atoms with Gasteiger partial charge in [0.1, 0.15) is 0 Å². The van der Waals surface area contributed by atoms with Gasteiger partial charge in [0.25, 0.3) is 5.91 Å². The van der Waals surface area contributed by atoms with Crippen LogP contribution >= 0.6 is 23.7 Å². The number of hydrogen-bond acceptors (Lipinski definition) is 5. The maximum absolute atomic E-state index is 12.0. The van der Waals surface area contributed by atoms with Crippen molar-refractivity contribution in [1.29, 1.82) is 0 Å². The summed E-state index contributed by atoms with van der Waals surface area (Å²) in [6.45, 7) is 1.21. The number of thiophene rings is 1. The summed E-state index contributed by atoms with van der Waals surface area (Å²) >= 11 is 0.973. The topological polar surface area (TPSA) is 89.5 Å². The predicted octanol–water partition coefficient (Wildman–Crippen LogP) is 1.64. The molecule has 0 spiro atoms. The molecule has 1 saturated heterocycles. The largest absolute Gasteiger partial charge is 0.337 e. The summed E-state index contributed by atoms with van der Waals surface area (Å²) in [5.41, 5.74) is 6.18. The van der Waals surface area contributed by atoms with Crippen LogP contribution in [0.15, 0.2) is 11.4 Å². The Balaban J connectivity index is 0.00000162. The molecule has 100 valence electrons. The minimum absolute atomic E-state index is 0. The Bertz CT molecular complexity index is 451. The molecule has 1 atom stereocenters. The van der Waals surface area contributed by atoms with E-state index in [-0.39, 0.29) is 29.4 Å². The Morgan fingerprint density at radius 2 is 2.33 bits per heavy atom. The third-order valence-corrected chi connectivity index (χ3v) is 3.64. The predicted molar refractivity (Wildman–Crippen MR) is 71.3 cm³/mol. The number of nitrogens with zero attached hydrogens (tertiary/aromatic N) is 2. The van der Waals surface area contributed by atoms with Crippen molar-refractivity contribution in [2.24, 2.45) is 5.73 Å². The molecule has 18 heavy (non-hydrogen) atoms. The number of piperidine rings is 1. The minimum Gasteiger partial charge on any atom is -0.337 e. The van der Waals surface area contributed by atoms with Crippen molar-refractivity contribution < 1.29 is 9.72 Å². The summed E-state index contributed by atoms with van der Waals surface area (Å²) in [5, 5.41) is 12.1. The number of halogens is 1. The Morgan fingerprint density at radius 1 is 1.61 bits per heavy atom. The van der Waals surface area contributed by atoms with Gasteiger partial charge >= 0.3 is 5.00 Å².